The molecule has 0 aliphatic carbocycles. The molecule has 3 aromatic carbocycles. The first kappa shape index (κ1) is 22.3. The summed E-state index contributed by atoms with van der Waals surface area (Å²) < 4.78 is 17.0. The Hall–Kier alpha value is -4.52. The number of aromatic hydroxyl groups is 2. The quantitative estimate of drug-likeness (QED) is 0.396. The molecule has 1 atom stereocenters. The monoisotopic (exact) mass is 470 g/mol. The molecule has 1 aliphatic heterocycles. The molecule has 176 valence electrons. The summed E-state index contributed by atoms with van der Waals surface area (Å²) in [5.74, 6) is -1.01. The maximum atomic E-state index is 13.1. The van der Waals surface area contributed by atoms with Crippen molar-refractivity contribution in [2.24, 2.45) is 0 Å². The first-order chi connectivity index (χ1) is 17.0. The number of esters is 1. The lowest BCUT2D eigenvalue weighted by Crippen LogP contribution is -2.18. The predicted molar refractivity (Wildman–Crippen MR) is 131 cm³/mol. The summed E-state index contributed by atoms with van der Waals surface area (Å²) in [6, 6.07) is 18.9. The highest BCUT2D eigenvalue weighted by Gasteiger charge is 2.31. The van der Waals surface area contributed by atoms with Crippen LogP contribution in [0.2, 0.25) is 0 Å². The summed E-state index contributed by atoms with van der Waals surface area (Å²) in [6.07, 6.45) is 1.75. The highest BCUT2D eigenvalue weighted by atomic mass is 16.5. The van der Waals surface area contributed by atoms with Gasteiger partial charge in [-0.25, -0.2) is 0 Å². The van der Waals surface area contributed by atoms with Crippen molar-refractivity contribution in [1.29, 1.82) is 0 Å². The van der Waals surface area contributed by atoms with Crippen LogP contribution in [0.25, 0.3) is 28.4 Å². The van der Waals surface area contributed by atoms with Crippen molar-refractivity contribution in [3.63, 3.8) is 0 Å². The normalized spacial score (nSPS) is 13.5. The van der Waals surface area contributed by atoms with Gasteiger partial charge in [0.2, 0.25) is 0 Å². The molecule has 0 saturated carbocycles. The van der Waals surface area contributed by atoms with Crippen LogP contribution in [-0.2, 0) is 9.53 Å². The molecule has 7 nitrogen and oxygen atoms in total. The summed E-state index contributed by atoms with van der Waals surface area (Å²) in [5, 5.41) is 21.4. The third-order valence-corrected chi connectivity index (χ3v) is 6.10. The van der Waals surface area contributed by atoms with Crippen molar-refractivity contribution in [3.8, 4) is 28.6 Å². The Morgan fingerprint density at radius 3 is 2.54 bits per heavy atom. The van der Waals surface area contributed by atoms with E-state index in [1.807, 2.05) is 48.5 Å². The Kier molecular flexibility index (Phi) is 5.74. The van der Waals surface area contributed by atoms with Gasteiger partial charge in [-0.3, -0.25) is 9.59 Å². The molecule has 4 aromatic rings. The highest BCUT2D eigenvalue weighted by molar-refractivity contribution is 5.91. The lowest BCUT2D eigenvalue weighted by Gasteiger charge is -2.26. The van der Waals surface area contributed by atoms with Gasteiger partial charge in [0.1, 0.15) is 40.6 Å². The molecule has 0 unspecified atom stereocenters. The Labute approximate surface area is 200 Å². The Balaban J connectivity index is 1.77. The molecule has 0 saturated heterocycles. The molecule has 0 spiro atoms. The standard InChI is InChI=1S/C28H22O7/c1-33-25(32)12-19(18-11-17-9-5-6-10-23(17)34-15-18)26-20(29)13-21(30)27-22(31)14-24(35-28(26)27)16-7-3-2-4-8-16/h2-11,13-14,19,29-30H,12,15H2,1H3/t19-/m1/s1. The molecule has 5 rings (SSSR count). The minimum Gasteiger partial charge on any atom is -0.507 e. The van der Waals surface area contributed by atoms with Gasteiger partial charge in [-0.1, -0.05) is 48.5 Å². The number of fused-ring (bicyclic) bond motifs is 2. The maximum Gasteiger partial charge on any atom is 0.306 e. The number of carbonyl (C=O) groups excluding carboxylic acids is 1. The molecule has 0 radical (unpaired) electrons. The van der Waals surface area contributed by atoms with E-state index >= 15 is 0 Å². The van der Waals surface area contributed by atoms with Gasteiger partial charge in [0.05, 0.1) is 13.5 Å². The van der Waals surface area contributed by atoms with Gasteiger partial charge in [0.15, 0.2) is 5.43 Å². The first-order valence-electron chi connectivity index (χ1n) is 11.0. The molecule has 35 heavy (non-hydrogen) atoms. The molecular formula is C28H22O7. The average molecular weight is 470 g/mol. The van der Waals surface area contributed by atoms with E-state index < -0.39 is 23.1 Å². The molecule has 0 bridgehead atoms. The lowest BCUT2D eigenvalue weighted by atomic mass is 9.84. The fraction of sp³-hybridized carbons (Fsp3) is 0.143. The van der Waals surface area contributed by atoms with Gasteiger partial charge in [-0.05, 0) is 17.7 Å². The third kappa shape index (κ3) is 4.12. The number of ether oxygens (including phenoxy) is 2. The van der Waals surface area contributed by atoms with Gasteiger partial charge in [0.25, 0.3) is 0 Å². The van der Waals surface area contributed by atoms with E-state index in [-0.39, 0.29) is 41.1 Å². The number of methoxy groups -OCH3 is 1. The molecule has 1 aromatic heterocycles. The summed E-state index contributed by atoms with van der Waals surface area (Å²) in [6.45, 7) is 0.156. The first-order valence-corrected chi connectivity index (χ1v) is 11.0. The van der Waals surface area contributed by atoms with Crippen molar-refractivity contribution in [1.82, 2.24) is 0 Å². The van der Waals surface area contributed by atoms with Gasteiger partial charge in [0, 0.05) is 34.7 Å². The van der Waals surface area contributed by atoms with E-state index in [9.17, 15) is 19.8 Å². The van der Waals surface area contributed by atoms with Crippen LogP contribution in [0, 0.1) is 0 Å². The molecule has 2 N–H and O–H groups in total. The van der Waals surface area contributed by atoms with Crippen molar-refractivity contribution < 1.29 is 28.9 Å². The van der Waals surface area contributed by atoms with Crippen molar-refractivity contribution in [2.75, 3.05) is 13.7 Å². The zero-order valence-electron chi connectivity index (χ0n) is 18.9. The van der Waals surface area contributed by atoms with Gasteiger partial charge < -0.3 is 24.1 Å². The van der Waals surface area contributed by atoms with E-state index in [0.717, 1.165) is 11.6 Å². The molecular weight excluding hydrogens is 448 g/mol. The summed E-state index contributed by atoms with van der Waals surface area (Å²) >= 11 is 0. The number of phenolic OH excluding ortho intramolecular Hbond substituents is 2. The number of hydrogen-bond acceptors (Lipinski definition) is 7. The van der Waals surface area contributed by atoms with Crippen molar-refractivity contribution >= 4 is 23.0 Å². The second-order valence-corrected chi connectivity index (χ2v) is 8.25. The topological polar surface area (TPSA) is 106 Å². The van der Waals surface area contributed by atoms with E-state index in [2.05, 4.69) is 0 Å². The van der Waals surface area contributed by atoms with Crippen LogP contribution < -0.4 is 10.2 Å². The molecule has 7 heteroatoms. The zero-order chi connectivity index (χ0) is 24.5. The number of rotatable bonds is 5. The van der Waals surface area contributed by atoms with Crippen molar-refractivity contribution in [3.05, 3.63) is 93.7 Å². The van der Waals surface area contributed by atoms with Gasteiger partial charge in [-0.2, -0.15) is 0 Å². The molecule has 1 aliphatic rings. The second-order valence-electron chi connectivity index (χ2n) is 8.25. The Morgan fingerprint density at radius 1 is 1.03 bits per heavy atom. The van der Waals surface area contributed by atoms with E-state index in [0.29, 0.717) is 16.9 Å². The minimum absolute atomic E-state index is 0.00233. The fourth-order valence-electron chi connectivity index (χ4n) is 4.41. The maximum absolute atomic E-state index is 13.1. The molecule has 0 amide bonds. The van der Waals surface area contributed by atoms with Crippen LogP contribution in [0.1, 0.15) is 23.5 Å². The number of phenols is 2. The predicted octanol–water partition coefficient (Wildman–Crippen LogP) is 4.99. The summed E-state index contributed by atoms with van der Waals surface area (Å²) in [5.41, 5.74) is 1.88. The number of hydrogen-bond donors (Lipinski definition) is 2. The van der Waals surface area contributed by atoms with Crippen LogP contribution >= 0.6 is 0 Å². The zero-order valence-corrected chi connectivity index (χ0v) is 18.9. The highest BCUT2D eigenvalue weighted by Crippen LogP contribution is 2.44. The summed E-state index contributed by atoms with van der Waals surface area (Å²) in [4.78, 5) is 25.5. The lowest BCUT2D eigenvalue weighted by molar-refractivity contribution is -0.140. The number of carbonyl (C=O) groups is 1. The van der Waals surface area contributed by atoms with Crippen LogP contribution in [0.15, 0.2) is 81.5 Å². The van der Waals surface area contributed by atoms with E-state index in [4.69, 9.17) is 13.9 Å². The van der Waals surface area contributed by atoms with E-state index in [1.54, 1.807) is 12.1 Å². The molecule has 2 heterocycles. The van der Waals surface area contributed by atoms with Gasteiger partial charge >= 0.3 is 5.97 Å². The van der Waals surface area contributed by atoms with Gasteiger partial charge in [-0.15, -0.1) is 0 Å². The van der Waals surface area contributed by atoms with Crippen molar-refractivity contribution in [2.45, 2.75) is 12.3 Å². The SMILES string of the molecule is COC(=O)C[C@H](C1=Cc2ccccc2OC1)c1c(O)cc(O)c2c(=O)cc(-c3ccccc3)oc12. The van der Waals surface area contributed by atoms with Crippen LogP contribution in [-0.4, -0.2) is 29.9 Å². The van der Waals surface area contributed by atoms with Crippen LogP contribution in [0.5, 0.6) is 17.2 Å². The average Bonchev–Trinajstić information content (AvgIpc) is 2.87. The van der Waals surface area contributed by atoms with Crippen LogP contribution in [0.4, 0.5) is 0 Å². The Bertz CT molecular complexity index is 1520. The second kappa shape index (κ2) is 9.02. The largest absolute Gasteiger partial charge is 0.507 e. The smallest absolute Gasteiger partial charge is 0.306 e. The molecule has 0 fully saturated rings. The fourth-order valence-corrected chi connectivity index (χ4v) is 4.41. The van der Waals surface area contributed by atoms with Crippen LogP contribution in [0.3, 0.4) is 0 Å². The minimum atomic E-state index is -0.743. The number of para-hydroxylation sites is 1. The summed E-state index contributed by atoms with van der Waals surface area (Å²) in [7, 11) is 1.28. The third-order valence-electron chi connectivity index (χ3n) is 6.10. The van der Waals surface area contributed by atoms with E-state index in [1.165, 1.54) is 13.2 Å². The Morgan fingerprint density at radius 2 is 1.77 bits per heavy atom. The number of benzene rings is 3.